The summed E-state index contributed by atoms with van der Waals surface area (Å²) in [5, 5.41) is 3.46. The van der Waals surface area contributed by atoms with Crippen LogP contribution in [0.5, 0.6) is 0 Å². The molecule has 2 fully saturated rings. The lowest BCUT2D eigenvalue weighted by Gasteiger charge is -2.38. The molecule has 2 aromatic heterocycles. The third kappa shape index (κ3) is 2.74. The van der Waals surface area contributed by atoms with Crippen molar-refractivity contribution in [3.05, 3.63) is 42.6 Å². The summed E-state index contributed by atoms with van der Waals surface area (Å²) in [7, 11) is 0. The first-order valence-electron chi connectivity index (χ1n) is 8.20. The average molecular weight is 311 g/mol. The molecule has 0 saturated carbocycles. The second kappa shape index (κ2) is 5.77. The molecule has 2 saturated heterocycles. The summed E-state index contributed by atoms with van der Waals surface area (Å²) in [4.78, 5) is 23.0. The molecule has 0 atom stereocenters. The van der Waals surface area contributed by atoms with Crippen molar-refractivity contribution in [2.24, 2.45) is 5.41 Å². The van der Waals surface area contributed by atoms with Gasteiger partial charge in [0.1, 0.15) is 12.1 Å². The van der Waals surface area contributed by atoms with Gasteiger partial charge in [-0.2, -0.15) is 0 Å². The van der Waals surface area contributed by atoms with Gasteiger partial charge in [0.05, 0.1) is 5.56 Å². The van der Waals surface area contributed by atoms with Crippen LogP contribution in [0.2, 0.25) is 0 Å². The third-order valence-corrected chi connectivity index (χ3v) is 5.21. The Labute approximate surface area is 135 Å². The van der Waals surface area contributed by atoms with E-state index in [0.29, 0.717) is 11.0 Å². The lowest BCUT2D eigenvalue weighted by Crippen LogP contribution is -2.44. The Kier molecular flexibility index (Phi) is 3.61. The molecule has 2 aliphatic rings. The van der Waals surface area contributed by atoms with Crippen molar-refractivity contribution in [3.8, 4) is 5.82 Å². The van der Waals surface area contributed by atoms with Crippen molar-refractivity contribution in [2.75, 3.05) is 26.2 Å². The molecule has 6 heteroatoms. The van der Waals surface area contributed by atoms with Crippen LogP contribution >= 0.6 is 0 Å². The van der Waals surface area contributed by atoms with Gasteiger partial charge in [0, 0.05) is 38.2 Å². The van der Waals surface area contributed by atoms with Gasteiger partial charge in [0.25, 0.3) is 5.91 Å². The maximum absolute atomic E-state index is 12.7. The molecule has 0 radical (unpaired) electrons. The maximum Gasteiger partial charge on any atom is 0.255 e. The molecule has 120 valence electrons. The molecule has 1 N–H and O–H groups in total. The molecule has 0 unspecified atom stereocenters. The zero-order chi connectivity index (χ0) is 15.7. The van der Waals surface area contributed by atoms with Gasteiger partial charge in [-0.25, -0.2) is 9.97 Å². The van der Waals surface area contributed by atoms with Crippen LogP contribution in [0.15, 0.2) is 37.1 Å². The average Bonchev–Trinajstić information content (AvgIpc) is 3.28. The summed E-state index contributed by atoms with van der Waals surface area (Å²) in [6.07, 6.45) is 10.4. The van der Waals surface area contributed by atoms with E-state index in [1.165, 1.54) is 6.42 Å². The lowest BCUT2D eigenvalue weighted by atomic mass is 9.78. The highest BCUT2D eigenvalue weighted by atomic mass is 16.2. The van der Waals surface area contributed by atoms with E-state index in [1.54, 1.807) is 18.7 Å². The maximum atomic E-state index is 12.7. The summed E-state index contributed by atoms with van der Waals surface area (Å²) >= 11 is 0. The number of hydrogen-bond donors (Lipinski definition) is 1. The fourth-order valence-corrected chi connectivity index (χ4v) is 3.65. The SMILES string of the molecule is O=C(c1ccc(-n2ccnc2)nc1)N1CCC2(CCNC2)CC1. The second-order valence-corrected chi connectivity index (χ2v) is 6.59. The molecule has 1 amide bonds. The highest BCUT2D eigenvalue weighted by Crippen LogP contribution is 2.37. The van der Waals surface area contributed by atoms with Crippen LogP contribution < -0.4 is 5.32 Å². The molecule has 6 nitrogen and oxygen atoms in total. The lowest BCUT2D eigenvalue weighted by molar-refractivity contribution is 0.0607. The number of carbonyl (C=O) groups excluding carboxylic acids is 1. The predicted molar refractivity (Wildman–Crippen MR) is 86.4 cm³/mol. The Morgan fingerprint density at radius 2 is 2.09 bits per heavy atom. The summed E-state index contributed by atoms with van der Waals surface area (Å²) in [5.41, 5.74) is 1.09. The number of amides is 1. The Morgan fingerprint density at radius 3 is 2.70 bits per heavy atom. The first-order chi connectivity index (χ1) is 11.3. The number of pyridine rings is 1. The number of imidazole rings is 1. The van der Waals surface area contributed by atoms with Crippen LogP contribution in [-0.2, 0) is 0 Å². The fourth-order valence-electron chi connectivity index (χ4n) is 3.65. The van der Waals surface area contributed by atoms with Crippen LogP contribution in [0, 0.1) is 5.41 Å². The van der Waals surface area contributed by atoms with Crippen molar-refractivity contribution >= 4 is 5.91 Å². The number of hydrogen-bond acceptors (Lipinski definition) is 4. The highest BCUT2D eigenvalue weighted by molar-refractivity contribution is 5.94. The summed E-state index contributed by atoms with van der Waals surface area (Å²) in [6.45, 7) is 3.93. The third-order valence-electron chi connectivity index (χ3n) is 5.21. The first kappa shape index (κ1) is 14.4. The fraction of sp³-hybridized carbons (Fsp3) is 0.471. The van der Waals surface area contributed by atoms with Gasteiger partial charge in [-0.3, -0.25) is 9.36 Å². The number of carbonyl (C=O) groups is 1. The molecular formula is C17H21N5O. The molecule has 0 bridgehead atoms. The van der Waals surface area contributed by atoms with E-state index in [9.17, 15) is 4.79 Å². The van der Waals surface area contributed by atoms with Crippen LogP contribution in [0.4, 0.5) is 0 Å². The van der Waals surface area contributed by atoms with E-state index in [2.05, 4.69) is 15.3 Å². The Morgan fingerprint density at radius 1 is 1.22 bits per heavy atom. The van der Waals surface area contributed by atoms with Gasteiger partial charge in [-0.05, 0) is 43.4 Å². The monoisotopic (exact) mass is 311 g/mol. The van der Waals surface area contributed by atoms with Gasteiger partial charge in [0.2, 0.25) is 0 Å². The van der Waals surface area contributed by atoms with Gasteiger partial charge in [-0.1, -0.05) is 0 Å². The van der Waals surface area contributed by atoms with Gasteiger partial charge >= 0.3 is 0 Å². The van der Waals surface area contributed by atoms with Crippen LogP contribution in [0.3, 0.4) is 0 Å². The van der Waals surface area contributed by atoms with E-state index in [1.807, 2.05) is 27.8 Å². The van der Waals surface area contributed by atoms with Crippen molar-refractivity contribution in [1.29, 1.82) is 0 Å². The number of nitrogens with zero attached hydrogens (tertiary/aromatic N) is 4. The van der Waals surface area contributed by atoms with Crippen LogP contribution in [0.25, 0.3) is 5.82 Å². The van der Waals surface area contributed by atoms with Crippen molar-refractivity contribution < 1.29 is 4.79 Å². The highest BCUT2D eigenvalue weighted by Gasteiger charge is 2.38. The molecule has 0 aromatic carbocycles. The van der Waals surface area contributed by atoms with E-state index < -0.39 is 0 Å². The molecular weight excluding hydrogens is 290 g/mol. The quantitative estimate of drug-likeness (QED) is 0.912. The molecule has 1 spiro atoms. The molecule has 2 aliphatic heterocycles. The number of nitrogens with one attached hydrogen (secondary N) is 1. The van der Waals surface area contributed by atoms with E-state index in [-0.39, 0.29) is 5.91 Å². The van der Waals surface area contributed by atoms with E-state index in [4.69, 9.17) is 0 Å². The minimum Gasteiger partial charge on any atom is -0.339 e. The topological polar surface area (TPSA) is 63.1 Å². The smallest absolute Gasteiger partial charge is 0.255 e. The standard InChI is InChI=1S/C17H21N5O/c23-16(21-8-4-17(5-9-21)3-6-18-12-17)14-1-2-15(20-11-14)22-10-7-19-13-22/h1-2,7,10-11,13,18H,3-6,8-9,12H2. The number of likely N-dealkylation sites (tertiary alicyclic amines) is 1. The largest absolute Gasteiger partial charge is 0.339 e. The summed E-state index contributed by atoms with van der Waals surface area (Å²) < 4.78 is 1.83. The van der Waals surface area contributed by atoms with Crippen LogP contribution in [0.1, 0.15) is 29.6 Å². The van der Waals surface area contributed by atoms with E-state index >= 15 is 0 Å². The minimum absolute atomic E-state index is 0.0930. The molecule has 23 heavy (non-hydrogen) atoms. The van der Waals surface area contributed by atoms with Crippen molar-refractivity contribution in [2.45, 2.75) is 19.3 Å². The van der Waals surface area contributed by atoms with Crippen molar-refractivity contribution in [3.63, 3.8) is 0 Å². The second-order valence-electron chi connectivity index (χ2n) is 6.59. The minimum atomic E-state index is 0.0930. The van der Waals surface area contributed by atoms with Gasteiger partial charge < -0.3 is 10.2 Å². The Bertz CT molecular complexity index is 664. The van der Waals surface area contributed by atoms with Crippen LogP contribution in [-0.4, -0.2) is 51.5 Å². The van der Waals surface area contributed by atoms with Gasteiger partial charge in [-0.15, -0.1) is 0 Å². The predicted octanol–water partition coefficient (Wildman–Crippen LogP) is 1.48. The van der Waals surface area contributed by atoms with Gasteiger partial charge in [0.15, 0.2) is 0 Å². The zero-order valence-electron chi connectivity index (χ0n) is 13.1. The normalized spacial score (nSPS) is 20.1. The molecule has 0 aliphatic carbocycles. The summed E-state index contributed by atoms with van der Waals surface area (Å²) in [6, 6.07) is 3.72. The first-order valence-corrected chi connectivity index (χ1v) is 8.20. The molecule has 2 aromatic rings. The molecule has 4 heterocycles. The zero-order valence-corrected chi connectivity index (χ0v) is 13.1. The Balaban J connectivity index is 1.43. The number of aromatic nitrogens is 3. The summed E-state index contributed by atoms with van der Waals surface area (Å²) in [5.74, 6) is 0.865. The van der Waals surface area contributed by atoms with Crippen molar-refractivity contribution in [1.82, 2.24) is 24.8 Å². The molecule has 4 rings (SSSR count). The number of piperidine rings is 1. The van der Waals surface area contributed by atoms with E-state index in [0.717, 1.165) is 44.8 Å². The number of rotatable bonds is 2. The Hall–Kier alpha value is -2.21.